The van der Waals surface area contributed by atoms with Crippen LogP contribution in [0.5, 0.6) is 0 Å². The van der Waals surface area contributed by atoms with Gasteiger partial charge in [0.25, 0.3) is 5.91 Å². The number of rotatable bonds is 6. The van der Waals surface area contributed by atoms with Crippen molar-refractivity contribution in [3.8, 4) is 5.82 Å². The summed E-state index contributed by atoms with van der Waals surface area (Å²) in [6.45, 7) is 2.88. The number of benzene rings is 1. The third kappa shape index (κ3) is 3.78. The molecule has 0 aliphatic carbocycles. The van der Waals surface area contributed by atoms with E-state index in [1.165, 1.54) is 6.33 Å². The van der Waals surface area contributed by atoms with E-state index in [1.807, 2.05) is 23.8 Å². The van der Waals surface area contributed by atoms with E-state index in [0.29, 0.717) is 30.0 Å². The molecule has 4 rings (SSSR count). The molecule has 4 aromatic rings. The minimum absolute atomic E-state index is 0.160. The summed E-state index contributed by atoms with van der Waals surface area (Å²) in [5.74, 6) is 2.09. The number of nitrogens with zero attached hydrogens (tertiary/aromatic N) is 6. The molecule has 0 saturated heterocycles. The molecule has 0 fully saturated rings. The first-order valence-corrected chi connectivity index (χ1v) is 8.76. The Labute approximate surface area is 160 Å². The number of nitrogens with one attached hydrogen (secondary N) is 2. The number of imidazole rings is 1. The average Bonchev–Trinajstić information content (AvgIpc) is 3.17. The smallest absolute Gasteiger partial charge is 0.251 e. The van der Waals surface area contributed by atoms with E-state index >= 15 is 0 Å². The van der Waals surface area contributed by atoms with Crippen LogP contribution < -0.4 is 10.6 Å². The largest absolute Gasteiger partial charge is 0.368 e. The van der Waals surface area contributed by atoms with Gasteiger partial charge in [0.1, 0.15) is 23.8 Å². The lowest BCUT2D eigenvalue weighted by molar-refractivity contribution is 0.0955. The van der Waals surface area contributed by atoms with E-state index in [1.54, 1.807) is 36.8 Å². The topological polar surface area (TPSA) is 111 Å². The van der Waals surface area contributed by atoms with Crippen LogP contribution in [-0.4, -0.2) is 48.5 Å². The van der Waals surface area contributed by atoms with Crippen LogP contribution in [0.25, 0.3) is 16.9 Å². The number of amides is 1. The summed E-state index contributed by atoms with van der Waals surface area (Å²) in [5.41, 5.74) is 2.00. The van der Waals surface area contributed by atoms with Crippen molar-refractivity contribution in [1.82, 2.24) is 34.8 Å². The van der Waals surface area contributed by atoms with Crippen molar-refractivity contribution in [1.29, 1.82) is 0 Å². The van der Waals surface area contributed by atoms with Gasteiger partial charge in [-0.25, -0.2) is 15.0 Å². The van der Waals surface area contributed by atoms with Crippen LogP contribution in [0.2, 0.25) is 0 Å². The summed E-state index contributed by atoms with van der Waals surface area (Å²) < 4.78 is 1.87. The number of carbonyl (C=O) groups excluding carboxylic acids is 1. The number of hydrogen-bond donors (Lipinski definition) is 2. The summed E-state index contributed by atoms with van der Waals surface area (Å²) >= 11 is 0. The second-order valence-corrected chi connectivity index (χ2v) is 6.05. The molecule has 0 spiro atoms. The third-order valence-corrected chi connectivity index (χ3v) is 4.17. The lowest BCUT2D eigenvalue weighted by atomic mass is 10.2. The van der Waals surface area contributed by atoms with Gasteiger partial charge in [-0.15, -0.1) is 0 Å². The van der Waals surface area contributed by atoms with Crippen molar-refractivity contribution >= 4 is 22.8 Å². The van der Waals surface area contributed by atoms with Crippen LogP contribution in [0.1, 0.15) is 16.2 Å². The predicted octanol–water partition coefficient (Wildman–Crippen LogP) is 1.76. The molecule has 0 bridgehead atoms. The number of aryl methyl sites for hydroxylation is 1. The molecule has 0 saturated carbocycles. The zero-order valence-electron chi connectivity index (χ0n) is 15.2. The van der Waals surface area contributed by atoms with E-state index in [4.69, 9.17) is 0 Å². The highest BCUT2D eigenvalue weighted by molar-refractivity contribution is 5.97. The highest BCUT2D eigenvalue weighted by atomic mass is 16.1. The Morgan fingerprint density at radius 1 is 0.964 bits per heavy atom. The standard InChI is InChI=1S/C19H18N8O/c1-13-20-8-9-27(13)18-11-17(25-12-26-18)23-6-7-24-19(28)14-2-3-15-16(10-14)22-5-4-21-15/h2-5,8-12H,6-7H2,1H3,(H,24,28)(H,23,25,26). The fraction of sp³-hybridized carbons (Fsp3) is 0.158. The van der Waals surface area contributed by atoms with Gasteiger partial charge in [-0.05, 0) is 25.1 Å². The van der Waals surface area contributed by atoms with Gasteiger partial charge in [0.15, 0.2) is 0 Å². The SMILES string of the molecule is Cc1nccn1-c1cc(NCCNC(=O)c2ccc3nccnc3c2)ncn1. The molecule has 9 heteroatoms. The van der Waals surface area contributed by atoms with E-state index < -0.39 is 0 Å². The molecule has 140 valence electrons. The van der Waals surface area contributed by atoms with Gasteiger partial charge >= 0.3 is 0 Å². The van der Waals surface area contributed by atoms with E-state index in [-0.39, 0.29) is 5.91 Å². The van der Waals surface area contributed by atoms with Crippen molar-refractivity contribution in [2.45, 2.75) is 6.92 Å². The quantitative estimate of drug-likeness (QED) is 0.495. The zero-order chi connectivity index (χ0) is 19.3. The normalized spacial score (nSPS) is 10.8. The van der Waals surface area contributed by atoms with Crippen LogP contribution in [0.3, 0.4) is 0 Å². The Morgan fingerprint density at radius 3 is 2.64 bits per heavy atom. The summed E-state index contributed by atoms with van der Waals surface area (Å²) in [6, 6.07) is 7.09. The van der Waals surface area contributed by atoms with Crippen LogP contribution in [-0.2, 0) is 0 Å². The molecule has 1 aromatic carbocycles. The lowest BCUT2D eigenvalue weighted by Crippen LogP contribution is -2.28. The fourth-order valence-corrected chi connectivity index (χ4v) is 2.77. The highest BCUT2D eigenvalue weighted by Crippen LogP contribution is 2.11. The molecule has 0 aliphatic rings. The first kappa shape index (κ1) is 17.5. The minimum atomic E-state index is -0.160. The molecule has 3 heterocycles. The average molecular weight is 374 g/mol. The van der Waals surface area contributed by atoms with E-state index in [9.17, 15) is 4.79 Å². The first-order valence-electron chi connectivity index (χ1n) is 8.76. The van der Waals surface area contributed by atoms with Gasteiger partial charge in [0.05, 0.1) is 11.0 Å². The van der Waals surface area contributed by atoms with Crippen LogP contribution >= 0.6 is 0 Å². The maximum Gasteiger partial charge on any atom is 0.251 e. The predicted molar refractivity (Wildman–Crippen MR) is 104 cm³/mol. The summed E-state index contributed by atoms with van der Waals surface area (Å²) in [7, 11) is 0. The Kier molecular flexibility index (Phi) is 4.87. The first-order chi connectivity index (χ1) is 13.7. The van der Waals surface area contributed by atoms with Crippen molar-refractivity contribution < 1.29 is 4.79 Å². The van der Waals surface area contributed by atoms with Crippen LogP contribution in [0.15, 0.2) is 55.4 Å². The molecule has 2 N–H and O–H groups in total. The maximum atomic E-state index is 12.3. The molecule has 1 amide bonds. The highest BCUT2D eigenvalue weighted by Gasteiger charge is 2.07. The number of hydrogen-bond acceptors (Lipinski definition) is 7. The second kappa shape index (κ2) is 7.78. The third-order valence-electron chi connectivity index (χ3n) is 4.17. The lowest BCUT2D eigenvalue weighted by Gasteiger charge is -2.09. The Bertz CT molecular complexity index is 1120. The van der Waals surface area contributed by atoms with Gasteiger partial charge in [-0.2, -0.15) is 0 Å². The summed E-state index contributed by atoms with van der Waals surface area (Å²) in [6.07, 6.45) is 8.29. The molecule has 0 atom stereocenters. The second-order valence-electron chi connectivity index (χ2n) is 6.05. The van der Waals surface area contributed by atoms with Crippen LogP contribution in [0, 0.1) is 6.92 Å². The van der Waals surface area contributed by atoms with E-state index in [2.05, 4.69) is 35.6 Å². The van der Waals surface area contributed by atoms with Crippen molar-refractivity contribution in [3.63, 3.8) is 0 Å². The molecule has 0 aliphatic heterocycles. The number of carbonyl (C=O) groups is 1. The van der Waals surface area contributed by atoms with Crippen LogP contribution in [0.4, 0.5) is 5.82 Å². The van der Waals surface area contributed by atoms with Gasteiger partial charge in [-0.3, -0.25) is 19.3 Å². The zero-order valence-corrected chi connectivity index (χ0v) is 15.2. The van der Waals surface area contributed by atoms with Gasteiger partial charge < -0.3 is 10.6 Å². The molecular formula is C19H18N8O. The number of fused-ring (bicyclic) bond motifs is 1. The van der Waals surface area contributed by atoms with E-state index in [0.717, 1.165) is 17.2 Å². The molecule has 9 nitrogen and oxygen atoms in total. The van der Waals surface area contributed by atoms with Crippen molar-refractivity contribution in [2.24, 2.45) is 0 Å². The fourth-order valence-electron chi connectivity index (χ4n) is 2.77. The van der Waals surface area contributed by atoms with Crippen molar-refractivity contribution in [3.05, 3.63) is 66.8 Å². The Morgan fingerprint density at radius 2 is 1.82 bits per heavy atom. The van der Waals surface area contributed by atoms with Crippen molar-refractivity contribution in [2.75, 3.05) is 18.4 Å². The monoisotopic (exact) mass is 374 g/mol. The number of anilines is 1. The molecule has 28 heavy (non-hydrogen) atoms. The van der Waals surface area contributed by atoms with Gasteiger partial charge in [0.2, 0.25) is 0 Å². The molecule has 3 aromatic heterocycles. The minimum Gasteiger partial charge on any atom is -0.368 e. The Hall–Kier alpha value is -3.88. The van der Waals surface area contributed by atoms with Gasteiger partial charge in [0, 0.05) is 49.5 Å². The molecule has 0 radical (unpaired) electrons. The summed E-state index contributed by atoms with van der Waals surface area (Å²) in [4.78, 5) is 33.4. The van der Waals surface area contributed by atoms with Gasteiger partial charge in [-0.1, -0.05) is 0 Å². The number of aromatic nitrogens is 6. The molecular weight excluding hydrogens is 356 g/mol. The maximum absolute atomic E-state index is 12.3. The summed E-state index contributed by atoms with van der Waals surface area (Å²) in [5, 5.41) is 6.06. The Balaban J connectivity index is 1.33. The molecule has 0 unspecified atom stereocenters.